The average molecular weight is 374 g/mol. The summed E-state index contributed by atoms with van der Waals surface area (Å²) in [6.45, 7) is 6.01. The van der Waals surface area contributed by atoms with Crippen LogP contribution in [0.5, 0.6) is 5.75 Å². The molecule has 1 aromatic rings. The third kappa shape index (κ3) is 4.69. The highest BCUT2D eigenvalue weighted by atomic mass is 16.5. The zero-order chi connectivity index (χ0) is 19.2. The van der Waals surface area contributed by atoms with E-state index in [0.29, 0.717) is 56.5 Å². The van der Waals surface area contributed by atoms with Crippen molar-refractivity contribution in [3.63, 3.8) is 0 Å². The first-order valence-electron chi connectivity index (χ1n) is 9.35. The number of benzene rings is 1. The molecule has 146 valence electrons. The Labute approximate surface area is 159 Å². The summed E-state index contributed by atoms with van der Waals surface area (Å²) >= 11 is 0. The molecule has 0 spiro atoms. The highest BCUT2D eigenvalue weighted by molar-refractivity contribution is 5.89. The molecule has 0 aliphatic carbocycles. The number of nitrogens with one attached hydrogen (secondary N) is 1. The fraction of sp³-hybridized carbons (Fsp3) is 0.579. The number of carbonyl (C=O) groups excluding carboxylic acids is 1. The Morgan fingerprint density at radius 2 is 2.22 bits per heavy atom. The van der Waals surface area contributed by atoms with E-state index in [1.54, 1.807) is 23.1 Å². The number of rotatable bonds is 4. The molecule has 0 aromatic heterocycles. The third-order valence-corrected chi connectivity index (χ3v) is 4.96. The number of amides is 2. The molecule has 1 aromatic carbocycles. The second kappa shape index (κ2) is 9.04. The van der Waals surface area contributed by atoms with Gasteiger partial charge in [0.1, 0.15) is 11.8 Å². The Morgan fingerprint density at radius 3 is 2.93 bits per heavy atom. The number of anilines is 1. The standard InChI is InChI=1S/C19H26N4O4/c1-2-27-18-5-4-15(10-14(18)11-20)21-19(25)23-7-3-6-22(8-9-23)16-12-26-13-17(16)24/h4-5,10,16-17,24H,2-3,6-9,12-13H2,1H3,(H,21,25)/t16-,17-/m0/s1. The van der Waals surface area contributed by atoms with Crippen LogP contribution in [0, 0.1) is 11.3 Å². The molecule has 8 heteroatoms. The highest BCUT2D eigenvalue weighted by Crippen LogP contribution is 2.23. The normalized spacial score (nSPS) is 23.5. The van der Waals surface area contributed by atoms with E-state index in [4.69, 9.17) is 9.47 Å². The fourth-order valence-electron chi connectivity index (χ4n) is 3.53. The van der Waals surface area contributed by atoms with E-state index in [0.717, 1.165) is 13.0 Å². The largest absolute Gasteiger partial charge is 0.492 e. The predicted molar refractivity (Wildman–Crippen MR) is 99.7 cm³/mol. The zero-order valence-corrected chi connectivity index (χ0v) is 15.6. The van der Waals surface area contributed by atoms with Crippen molar-refractivity contribution in [3.05, 3.63) is 23.8 Å². The van der Waals surface area contributed by atoms with Gasteiger partial charge in [0, 0.05) is 31.9 Å². The number of hydrogen-bond donors (Lipinski definition) is 2. The van der Waals surface area contributed by atoms with Crippen LogP contribution in [0.4, 0.5) is 10.5 Å². The smallest absolute Gasteiger partial charge is 0.321 e. The molecule has 27 heavy (non-hydrogen) atoms. The summed E-state index contributed by atoms with van der Waals surface area (Å²) in [5, 5.41) is 22.1. The first-order valence-corrected chi connectivity index (χ1v) is 9.35. The number of urea groups is 1. The van der Waals surface area contributed by atoms with Crippen LogP contribution in [0.1, 0.15) is 18.9 Å². The molecular formula is C19H26N4O4. The first kappa shape index (κ1) is 19.4. The second-order valence-electron chi connectivity index (χ2n) is 6.73. The monoisotopic (exact) mass is 374 g/mol. The molecule has 8 nitrogen and oxygen atoms in total. The SMILES string of the molecule is CCOc1ccc(NC(=O)N2CCCN([C@H]3COC[C@@H]3O)CC2)cc1C#N. The van der Waals surface area contributed by atoms with Gasteiger partial charge >= 0.3 is 6.03 Å². The summed E-state index contributed by atoms with van der Waals surface area (Å²) in [6, 6.07) is 6.98. The molecular weight excluding hydrogens is 348 g/mol. The number of aliphatic hydroxyl groups is 1. The van der Waals surface area contributed by atoms with Crippen LogP contribution in [0.3, 0.4) is 0 Å². The van der Waals surface area contributed by atoms with Crippen molar-refractivity contribution < 1.29 is 19.4 Å². The maximum Gasteiger partial charge on any atom is 0.321 e. The molecule has 3 rings (SSSR count). The van der Waals surface area contributed by atoms with E-state index in [1.807, 2.05) is 6.92 Å². The maximum atomic E-state index is 12.6. The van der Waals surface area contributed by atoms with Gasteiger partial charge in [-0.05, 0) is 31.5 Å². The van der Waals surface area contributed by atoms with E-state index in [-0.39, 0.29) is 12.1 Å². The minimum atomic E-state index is -0.460. The van der Waals surface area contributed by atoms with Crippen molar-refractivity contribution in [1.82, 2.24) is 9.80 Å². The van der Waals surface area contributed by atoms with Gasteiger partial charge in [0.15, 0.2) is 0 Å². The minimum Gasteiger partial charge on any atom is -0.492 e. The van der Waals surface area contributed by atoms with E-state index in [1.165, 1.54) is 0 Å². The molecule has 2 N–H and O–H groups in total. The Balaban J connectivity index is 1.59. The van der Waals surface area contributed by atoms with Gasteiger partial charge in [-0.25, -0.2) is 4.79 Å². The quantitative estimate of drug-likeness (QED) is 0.823. The van der Waals surface area contributed by atoms with E-state index >= 15 is 0 Å². The van der Waals surface area contributed by atoms with Crippen molar-refractivity contribution in [2.75, 3.05) is 51.3 Å². The summed E-state index contributed by atoms with van der Waals surface area (Å²) in [5.74, 6) is 0.515. The average Bonchev–Trinajstić information content (AvgIpc) is 2.94. The molecule has 0 saturated carbocycles. The van der Waals surface area contributed by atoms with Gasteiger partial charge in [-0.3, -0.25) is 4.90 Å². The van der Waals surface area contributed by atoms with Crippen molar-refractivity contribution in [2.45, 2.75) is 25.5 Å². The third-order valence-electron chi connectivity index (χ3n) is 4.96. The molecule has 2 atom stereocenters. The van der Waals surface area contributed by atoms with Gasteiger partial charge in [-0.2, -0.15) is 5.26 Å². The number of nitriles is 1. The predicted octanol–water partition coefficient (Wildman–Crippen LogP) is 1.26. The summed E-state index contributed by atoms with van der Waals surface area (Å²) in [7, 11) is 0. The van der Waals surface area contributed by atoms with Crippen molar-refractivity contribution in [2.24, 2.45) is 0 Å². The lowest BCUT2D eigenvalue weighted by Gasteiger charge is -2.28. The second-order valence-corrected chi connectivity index (χ2v) is 6.73. The molecule has 2 fully saturated rings. The van der Waals surface area contributed by atoms with Gasteiger partial charge in [0.05, 0.1) is 37.5 Å². The lowest BCUT2D eigenvalue weighted by atomic mass is 10.2. The highest BCUT2D eigenvalue weighted by Gasteiger charge is 2.33. The fourth-order valence-corrected chi connectivity index (χ4v) is 3.53. The Kier molecular flexibility index (Phi) is 6.50. The van der Waals surface area contributed by atoms with Crippen LogP contribution in [0.25, 0.3) is 0 Å². The van der Waals surface area contributed by atoms with Crippen molar-refractivity contribution in [3.8, 4) is 11.8 Å². The number of ether oxygens (including phenoxy) is 2. The molecule has 2 amide bonds. The molecule has 2 aliphatic rings. The van der Waals surface area contributed by atoms with E-state index in [9.17, 15) is 15.2 Å². The number of nitrogens with zero attached hydrogens (tertiary/aromatic N) is 3. The molecule has 2 aliphatic heterocycles. The van der Waals surface area contributed by atoms with Gasteiger partial charge in [-0.15, -0.1) is 0 Å². The Bertz CT molecular complexity index is 705. The van der Waals surface area contributed by atoms with Gasteiger partial charge < -0.3 is 24.8 Å². The number of hydrogen-bond acceptors (Lipinski definition) is 6. The van der Waals surface area contributed by atoms with Gasteiger partial charge in [-0.1, -0.05) is 0 Å². The lowest BCUT2D eigenvalue weighted by Crippen LogP contribution is -2.45. The van der Waals surface area contributed by atoms with Crippen LogP contribution >= 0.6 is 0 Å². The number of aliphatic hydroxyl groups excluding tert-OH is 1. The molecule has 0 unspecified atom stereocenters. The van der Waals surface area contributed by atoms with Crippen LogP contribution in [0.2, 0.25) is 0 Å². The molecule has 0 bridgehead atoms. The lowest BCUT2D eigenvalue weighted by molar-refractivity contribution is 0.0845. The van der Waals surface area contributed by atoms with E-state index < -0.39 is 6.10 Å². The Hall–Kier alpha value is -2.34. The van der Waals surface area contributed by atoms with Crippen LogP contribution in [0.15, 0.2) is 18.2 Å². The summed E-state index contributed by atoms with van der Waals surface area (Å²) in [4.78, 5) is 16.6. The van der Waals surface area contributed by atoms with Crippen LogP contribution < -0.4 is 10.1 Å². The molecule has 0 radical (unpaired) electrons. The van der Waals surface area contributed by atoms with Crippen LogP contribution in [-0.2, 0) is 4.74 Å². The van der Waals surface area contributed by atoms with Crippen molar-refractivity contribution >= 4 is 11.7 Å². The zero-order valence-electron chi connectivity index (χ0n) is 15.6. The first-order chi connectivity index (χ1) is 13.1. The summed E-state index contributed by atoms with van der Waals surface area (Å²) in [6.07, 6.45) is 0.377. The Morgan fingerprint density at radius 1 is 1.37 bits per heavy atom. The minimum absolute atomic E-state index is 0.0114. The van der Waals surface area contributed by atoms with Gasteiger partial charge in [0.25, 0.3) is 0 Å². The van der Waals surface area contributed by atoms with Crippen molar-refractivity contribution in [1.29, 1.82) is 5.26 Å². The molecule has 2 heterocycles. The van der Waals surface area contributed by atoms with E-state index in [2.05, 4.69) is 16.3 Å². The number of carbonyl (C=O) groups is 1. The van der Waals surface area contributed by atoms with Crippen LogP contribution in [-0.4, -0.2) is 79.1 Å². The molecule has 2 saturated heterocycles. The summed E-state index contributed by atoms with van der Waals surface area (Å²) in [5.41, 5.74) is 0.965. The topological polar surface area (TPSA) is 98.1 Å². The van der Waals surface area contributed by atoms with Gasteiger partial charge in [0.2, 0.25) is 0 Å². The summed E-state index contributed by atoms with van der Waals surface area (Å²) < 4.78 is 10.8. The maximum absolute atomic E-state index is 12.6.